The number of benzene rings is 1. The molecule has 1 aliphatic carbocycles. The maximum atomic E-state index is 13.2. The third kappa shape index (κ3) is 3.83. The van der Waals surface area contributed by atoms with E-state index in [0.29, 0.717) is 11.6 Å². The maximum Gasteiger partial charge on any atom is 0.257 e. The fourth-order valence-corrected chi connectivity index (χ4v) is 2.73. The van der Waals surface area contributed by atoms with Gasteiger partial charge in [-0.05, 0) is 31.0 Å². The van der Waals surface area contributed by atoms with Crippen molar-refractivity contribution in [3.63, 3.8) is 0 Å². The van der Waals surface area contributed by atoms with Crippen LogP contribution in [0.25, 0.3) is 0 Å². The Kier molecular flexibility index (Phi) is 4.50. The molecule has 1 aliphatic rings. The highest BCUT2D eigenvalue weighted by atomic mass is 19.2. The van der Waals surface area contributed by atoms with Gasteiger partial charge < -0.3 is 10.6 Å². The molecule has 1 amide bonds. The van der Waals surface area contributed by atoms with Crippen LogP contribution in [0, 0.1) is 11.6 Å². The summed E-state index contributed by atoms with van der Waals surface area (Å²) >= 11 is 0. The average molecular weight is 317 g/mol. The predicted octanol–water partition coefficient (Wildman–Crippen LogP) is 3.97. The first-order valence-electron chi connectivity index (χ1n) is 7.60. The highest BCUT2D eigenvalue weighted by Crippen LogP contribution is 2.22. The second-order valence-electron chi connectivity index (χ2n) is 5.67. The minimum Gasteiger partial charge on any atom is -0.381 e. The Labute approximate surface area is 132 Å². The first-order chi connectivity index (χ1) is 11.1. The number of pyridine rings is 1. The molecule has 0 bridgehead atoms. The maximum absolute atomic E-state index is 13.2. The van der Waals surface area contributed by atoms with E-state index in [9.17, 15) is 13.6 Å². The van der Waals surface area contributed by atoms with Crippen LogP contribution in [-0.2, 0) is 0 Å². The quantitative estimate of drug-likeness (QED) is 0.897. The average Bonchev–Trinajstić information content (AvgIpc) is 3.04. The lowest BCUT2D eigenvalue weighted by molar-refractivity contribution is 0.102. The summed E-state index contributed by atoms with van der Waals surface area (Å²) in [5.41, 5.74) is 1.34. The van der Waals surface area contributed by atoms with Crippen molar-refractivity contribution in [1.82, 2.24) is 4.98 Å². The fraction of sp³-hybridized carbons (Fsp3) is 0.294. The van der Waals surface area contributed by atoms with E-state index >= 15 is 0 Å². The van der Waals surface area contributed by atoms with E-state index in [2.05, 4.69) is 15.6 Å². The second-order valence-corrected chi connectivity index (χ2v) is 5.67. The van der Waals surface area contributed by atoms with E-state index in [0.717, 1.165) is 30.7 Å². The van der Waals surface area contributed by atoms with Crippen LogP contribution < -0.4 is 10.6 Å². The molecule has 0 atom stereocenters. The summed E-state index contributed by atoms with van der Waals surface area (Å²) in [6.45, 7) is 0. The van der Waals surface area contributed by atoms with Crippen molar-refractivity contribution in [2.75, 3.05) is 10.6 Å². The van der Waals surface area contributed by atoms with E-state index < -0.39 is 17.5 Å². The molecule has 3 rings (SSSR count). The summed E-state index contributed by atoms with van der Waals surface area (Å²) in [5.74, 6) is -2.37. The normalized spacial score (nSPS) is 14.7. The molecule has 1 aromatic heterocycles. The van der Waals surface area contributed by atoms with Crippen molar-refractivity contribution >= 4 is 17.3 Å². The molecule has 0 radical (unpaired) electrons. The van der Waals surface area contributed by atoms with Crippen molar-refractivity contribution in [3.05, 3.63) is 53.9 Å². The molecule has 1 fully saturated rings. The summed E-state index contributed by atoms with van der Waals surface area (Å²) in [5, 5.41) is 5.90. The van der Waals surface area contributed by atoms with Crippen LogP contribution in [0.4, 0.5) is 20.2 Å². The van der Waals surface area contributed by atoms with Crippen molar-refractivity contribution < 1.29 is 13.6 Å². The van der Waals surface area contributed by atoms with E-state index in [4.69, 9.17) is 0 Å². The molecule has 1 aromatic carbocycles. The SMILES string of the molecule is O=C(Nc1ccc(F)c(F)c1)c1cncc(NC2CCCC2)c1. The smallest absolute Gasteiger partial charge is 0.257 e. The third-order valence-electron chi connectivity index (χ3n) is 3.90. The molecule has 0 aliphatic heterocycles. The Morgan fingerprint density at radius 3 is 2.57 bits per heavy atom. The summed E-state index contributed by atoms with van der Waals surface area (Å²) < 4.78 is 26.1. The van der Waals surface area contributed by atoms with Crippen LogP contribution in [0.15, 0.2) is 36.7 Å². The number of carbonyl (C=O) groups is 1. The van der Waals surface area contributed by atoms with Crippen LogP contribution in [0.5, 0.6) is 0 Å². The Balaban J connectivity index is 1.70. The van der Waals surface area contributed by atoms with E-state index in [-0.39, 0.29) is 5.69 Å². The standard InChI is InChI=1S/C17H17F2N3O/c18-15-6-5-13(8-16(15)19)22-17(23)11-7-14(10-20-9-11)21-12-3-1-2-4-12/h5-10,12,21H,1-4H2,(H,22,23). The summed E-state index contributed by atoms with van der Waals surface area (Å²) in [7, 11) is 0. The Hall–Kier alpha value is -2.50. The zero-order valence-electron chi connectivity index (χ0n) is 12.5. The number of amides is 1. The Morgan fingerprint density at radius 1 is 1.04 bits per heavy atom. The topological polar surface area (TPSA) is 54.0 Å². The number of anilines is 2. The van der Waals surface area contributed by atoms with Gasteiger partial charge in [0.2, 0.25) is 0 Å². The lowest BCUT2D eigenvalue weighted by atomic mass is 10.2. The number of nitrogens with zero attached hydrogens (tertiary/aromatic N) is 1. The number of halogens is 2. The molecule has 23 heavy (non-hydrogen) atoms. The van der Waals surface area contributed by atoms with Crippen molar-refractivity contribution in [3.8, 4) is 0 Å². The predicted molar refractivity (Wildman–Crippen MR) is 84.4 cm³/mol. The van der Waals surface area contributed by atoms with Crippen LogP contribution in [0.1, 0.15) is 36.0 Å². The summed E-state index contributed by atoms with van der Waals surface area (Å²) in [6.07, 6.45) is 7.76. The van der Waals surface area contributed by atoms with Gasteiger partial charge in [-0.25, -0.2) is 8.78 Å². The van der Waals surface area contributed by atoms with Gasteiger partial charge in [-0.3, -0.25) is 9.78 Å². The Bertz CT molecular complexity index is 715. The van der Waals surface area contributed by atoms with Gasteiger partial charge in [0.25, 0.3) is 5.91 Å². The number of hydrogen-bond donors (Lipinski definition) is 2. The zero-order valence-corrected chi connectivity index (χ0v) is 12.5. The minimum atomic E-state index is -1.00. The van der Waals surface area contributed by atoms with E-state index in [1.165, 1.54) is 25.1 Å². The first kappa shape index (κ1) is 15.4. The van der Waals surface area contributed by atoms with Crippen LogP contribution in [-0.4, -0.2) is 16.9 Å². The molecule has 1 saturated carbocycles. The zero-order chi connectivity index (χ0) is 16.2. The molecule has 1 heterocycles. The monoisotopic (exact) mass is 317 g/mol. The van der Waals surface area contributed by atoms with Gasteiger partial charge in [-0.15, -0.1) is 0 Å². The Morgan fingerprint density at radius 2 is 1.83 bits per heavy atom. The van der Waals surface area contributed by atoms with E-state index in [1.54, 1.807) is 12.3 Å². The molecular formula is C17H17F2N3O. The largest absolute Gasteiger partial charge is 0.381 e. The minimum absolute atomic E-state index is 0.197. The van der Waals surface area contributed by atoms with Crippen LogP contribution in [0.2, 0.25) is 0 Å². The second kappa shape index (κ2) is 6.73. The number of nitrogens with one attached hydrogen (secondary N) is 2. The van der Waals surface area contributed by atoms with Gasteiger partial charge in [0.15, 0.2) is 11.6 Å². The summed E-state index contributed by atoms with van der Waals surface area (Å²) in [4.78, 5) is 16.3. The fourth-order valence-electron chi connectivity index (χ4n) is 2.73. The highest BCUT2D eigenvalue weighted by Gasteiger charge is 2.15. The van der Waals surface area contributed by atoms with Gasteiger partial charge in [0.05, 0.1) is 11.3 Å². The van der Waals surface area contributed by atoms with Gasteiger partial charge in [0.1, 0.15) is 0 Å². The first-order valence-corrected chi connectivity index (χ1v) is 7.60. The molecule has 0 unspecified atom stereocenters. The van der Waals surface area contributed by atoms with Gasteiger partial charge in [0, 0.05) is 30.2 Å². The van der Waals surface area contributed by atoms with Gasteiger partial charge in [-0.2, -0.15) is 0 Å². The molecule has 0 saturated heterocycles. The lowest BCUT2D eigenvalue weighted by Crippen LogP contribution is -2.16. The molecule has 6 heteroatoms. The molecule has 0 spiro atoms. The molecule has 2 N–H and O–H groups in total. The van der Waals surface area contributed by atoms with Crippen LogP contribution in [0.3, 0.4) is 0 Å². The van der Waals surface area contributed by atoms with E-state index in [1.807, 2.05) is 0 Å². The number of carbonyl (C=O) groups excluding carboxylic acids is 1. The van der Waals surface area contributed by atoms with Crippen LogP contribution >= 0.6 is 0 Å². The highest BCUT2D eigenvalue weighted by molar-refractivity contribution is 6.04. The number of rotatable bonds is 4. The molecular weight excluding hydrogens is 300 g/mol. The lowest BCUT2D eigenvalue weighted by Gasteiger charge is -2.13. The number of aromatic nitrogens is 1. The van der Waals surface area contributed by atoms with Crippen molar-refractivity contribution in [2.45, 2.75) is 31.7 Å². The van der Waals surface area contributed by atoms with Gasteiger partial charge in [-0.1, -0.05) is 12.8 Å². The van der Waals surface area contributed by atoms with Crippen molar-refractivity contribution in [1.29, 1.82) is 0 Å². The van der Waals surface area contributed by atoms with Crippen molar-refractivity contribution in [2.24, 2.45) is 0 Å². The molecule has 120 valence electrons. The summed E-state index contributed by atoms with van der Waals surface area (Å²) in [6, 6.07) is 5.36. The molecule has 2 aromatic rings. The molecule has 4 nitrogen and oxygen atoms in total. The van der Waals surface area contributed by atoms with Gasteiger partial charge >= 0.3 is 0 Å². The third-order valence-corrected chi connectivity index (χ3v) is 3.90. The number of hydrogen-bond acceptors (Lipinski definition) is 3.